The van der Waals surface area contributed by atoms with Gasteiger partial charge in [0, 0.05) is 16.0 Å². The van der Waals surface area contributed by atoms with Crippen molar-refractivity contribution in [1.29, 1.82) is 0 Å². The SMILES string of the molecule is Cc1ccc(Cl)cc1N1C(=NC(=O)CNC(=O)OC(C)(C)C)S[C@@H]2CS(=O)(=O)C[C@@H]21. The molecule has 2 atom stereocenters. The number of ether oxygens (including phenoxy) is 1. The summed E-state index contributed by atoms with van der Waals surface area (Å²) in [6.07, 6.45) is -0.708. The van der Waals surface area contributed by atoms with Gasteiger partial charge in [-0.15, -0.1) is 0 Å². The van der Waals surface area contributed by atoms with Gasteiger partial charge < -0.3 is 15.0 Å². The maximum atomic E-state index is 12.4. The van der Waals surface area contributed by atoms with Gasteiger partial charge in [0.2, 0.25) is 0 Å². The zero-order valence-corrected chi connectivity index (χ0v) is 19.5. The summed E-state index contributed by atoms with van der Waals surface area (Å²) in [6, 6.07) is 4.99. The van der Waals surface area contributed by atoms with Crippen LogP contribution in [0, 0.1) is 6.92 Å². The third-order valence-corrected chi connectivity index (χ3v) is 7.95. The molecule has 0 spiro atoms. The summed E-state index contributed by atoms with van der Waals surface area (Å²) in [5.74, 6) is -0.544. The predicted molar refractivity (Wildman–Crippen MR) is 119 cm³/mol. The molecule has 2 fully saturated rings. The quantitative estimate of drug-likeness (QED) is 0.719. The molecule has 0 aromatic heterocycles. The Morgan fingerprint density at radius 1 is 1.33 bits per heavy atom. The summed E-state index contributed by atoms with van der Waals surface area (Å²) in [7, 11) is -3.17. The number of sulfone groups is 1. The van der Waals surface area contributed by atoms with E-state index in [0.717, 1.165) is 5.56 Å². The number of amides is 2. The molecule has 8 nitrogen and oxygen atoms in total. The van der Waals surface area contributed by atoms with Gasteiger partial charge in [-0.1, -0.05) is 29.4 Å². The number of hydrogen-bond donors (Lipinski definition) is 1. The second-order valence-electron chi connectivity index (χ2n) is 8.24. The van der Waals surface area contributed by atoms with Crippen LogP contribution in [0.15, 0.2) is 23.2 Å². The third kappa shape index (κ3) is 5.47. The van der Waals surface area contributed by atoms with Crippen LogP contribution in [0.2, 0.25) is 5.02 Å². The van der Waals surface area contributed by atoms with Gasteiger partial charge >= 0.3 is 6.09 Å². The maximum absolute atomic E-state index is 12.4. The maximum Gasteiger partial charge on any atom is 0.408 e. The highest BCUT2D eigenvalue weighted by atomic mass is 35.5. The number of nitrogens with zero attached hydrogens (tertiary/aromatic N) is 2. The molecule has 1 N–H and O–H groups in total. The molecule has 0 bridgehead atoms. The number of carbonyl (C=O) groups excluding carboxylic acids is 2. The first-order valence-electron chi connectivity index (χ1n) is 9.35. The summed E-state index contributed by atoms with van der Waals surface area (Å²) in [4.78, 5) is 30.1. The predicted octanol–water partition coefficient (Wildman–Crippen LogP) is 2.77. The topological polar surface area (TPSA) is 105 Å². The fourth-order valence-electron chi connectivity index (χ4n) is 3.30. The number of hydrogen-bond acceptors (Lipinski definition) is 6. The average molecular weight is 474 g/mol. The Morgan fingerprint density at radius 3 is 2.70 bits per heavy atom. The number of halogens is 1. The largest absolute Gasteiger partial charge is 0.444 e. The Balaban J connectivity index is 1.83. The third-order valence-electron chi connectivity index (χ3n) is 4.50. The van der Waals surface area contributed by atoms with E-state index in [1.165, 1.54) is 11.8 Å². The van der Waals surface area contributed by atoms with Crippen molar-refractivity contribution in [3.8, 4) is 0 Å². The van der Waals surface area contributed by atoms with Crippen LogP contribution < -0.4 is 10.2 Å². The first-order chi connectivity index (χ1) is 13.8. The Labute approximate surface area is 185 Å². The molecule has 3 rings (SSSR count). The van der Waals surface area contributed by atoms with Gasteiger partial charge in [-0.2, -0.15) is 4.99 Å². The average Bonchev–Trinajstić information content (AvgIpc) is 3.04. The van der Waals surface area contributed by atoms with E-state index in [1.807, 2.05) is 13.0 Å². The number of rotatable bonds is 3. The highest BCUT2D eigenvalue weighted by Crippen LogP contribution is 2.42. The Hall–Kier alpha value is -1.78. The van der Waals surface area contributed by atoms with Crippen LogP contribution in [0.4, 0.5) is 10.5 Å². The number of anilines is 1. The fraction of sp³-hybridized carbons (Fsp3) is 0.526. The van der Waals surface area contributed by atoms with Crippen LogP contribution in [0.25, 0.3) is 0 Å². The minimum Gasteiger partial charge on any atom is -0.444 e. The summed E-state index contributed by atoms with van der Waals surface area (Å²) in [6.45, 7) is 6.73. The molecular formula is C19H24ClN3O5S2. The lowest BCUT2D eigenvalue weighted by Gasteiger charge is -2.26. The lowest BCUT2D eigenvalue weighted by atomic mass is 10.1. The zero-order chi connectivity index (χ0) is 22.3. The summed E-state index contributed by atoms with van der Waals surface area (Å²) in [5, 5.41) is 3.07. The molecule has 30 heavy (non-hydrogen) atoms. The molecule has 11 heteroatoms. The molecule has 0 unspecified atom stereocenters. The van der Waals surface area contributed by atoms with Gasteiger partial charge in [-0.05, 0) is 45.4 Å². The summed E-state index contributed by atoms with van der Waals surface area (Å²) >= 11 is 7.43. The van der Waals surface area contributed by atoms with Crippen LogP contribution in [0.3, 0.4) is 0 Å². The molecule has 1 aromatic carbocycles. The van der Waals surface area contributed by atoms with E-state index < -0.39 is 27.4 Å². The number of fused-ring (bicyclic) bond motifs is 1. The van der Waals surface area contributed by atoms with Gasteiger partial charge in [0.1, 0.15) is 12.1 Å². The van der Waals surface area contributed by atoms with Gasteiger partial charge in [-0.3, -0.25) is 4.79 Å². The molecule has 164 valence electrons. The number of nitrogens with one attached hydrogen (secondary N) is 1. The smallest absolute Gasteiger partial charge is 0.408 e. The number of amidine groups is 1. The van der Waals surface area contributed by atoms with E-state index in [9.17, 15) is 18.0 Å². The van der Waals surface area contributed by atoms with E-state index in [0.29, 0.717) is 15.9 Å². The molecule has 2 aliphatic heterocycles. The van der Waals surface area contributed by atoms with Crippen molar-refractivity contribution in [1.82, 2.24) is 5.32 Å². The molecule has 2 aliphatic rings. The Morgan fingerprint density at radius 2 is 2.03 bits per heavy atom. The minimum absolute atomic E-state index is 0.0139. The van der Waals surface area contributed by atoms with Crippen LogP contribution in [0.5, 0.6) is 0 Å². The molecule has 2 heterocycles. The second kappa shape index (κ2) is 8.39. The molecule has 2 saturated heterocycles. The highest BCUT2D eigenvalue weighted by molar-refractivity contribution is 8.16. The van der Waals surface area contributed by atoms with Crippen LogP contribution >= 0.6 is 23.4 Å². The van der Waals surface area contributed by atoms with Crippen LogP contribution in [-0.4, -0.2) is 60.5 Å². The molecule has 0 radical (unpaired) electrons. The molecule has 2 amide bonds. The fourth-order valence-corrected chi connectivity index (χ4v) is 7.39. The van der Waals surface area contributed by atoms with Crippen molar-refractivity contribution in [2.24, 2.45) is 4.99 Å². The zero-order valence-electron chi connectivity index (χ0n) is 17.1. The number of thioether (sulfide) groups is 1. The lowest BCUT2D eigenvalue weighted by Crippen LogP contribution is -2.39. The Kier molecular flexibility index (Phi) is 6.41. The second-order valence-corrected chi connectivity index (χ2v) is 12.0. The van der Waals surface area contributed by atoms with Gasteiger partial charge in [0.25, 0.3) is 5.91 Å². The van der Waals surface area contributed by atoms with Crippen LogP contribution in [-0.2, 0) is 19.4 Å². The standard InChI is InChI=1S/C19H24ClN3O5S2/c1-11-5-6-12(20)7-13(11)23-14-9-30(26,27)10-15(14)29-17(23)22-16(24)8-21-18(25)28-19(2,3)4/h5-7,14-15H,8-10H2,1-4H3,(H,21,25)/t14-,15+/m0/s1. The van der Waals surface area contributed by atoms with Gasteiger partial charge in [-0.25, -0.2) is 13.2 Å². The summed E-state index contributed by atoms with van der Waals surface area (Å²) < 4.78 is 29.4. The number of carbonyl (C=O) groups is 2. The van der Waals surface area contributed by atoms with E-state index in [-0.39, 0.29) is 29.3 Å². The van der Waals surface area contributed by atoms with Crippen molar-refractivity contribution < 1.29 is 22.7 Å². The summed E-state index contributed by atoms with van der Waals surface area (Å²) in [5.41, 5.74) is 0.924. The van der Waals surface area contributed by atoms with Crippen molar-refractivity contribution >= 4 is 56.1 Å². The lowest BCUT2D eigenvalue weighted by molar-refractivity contribution is -0.117. The van der Waals surface area contributed by atoms with Crippen molar-refractivity contribution in [3.63, 3.8) is 0 Å². The van der Waals surface area contributed by atoms with Crippen molar-refractivity contribution in [3.05, 3.63) is 28.8 Å². The first-order valence-corrected chi connectivity index (χ1v) is 12.4. The highest BCUT2D eigenvalue weighted by Gasteiger charge is 2.49. The number of benzene rings is 1. The van der Waals surface area contributed by atoms with Gasteiger partial charge in [0.15, 0.2) is 15.0 Å². The van der Waals surface area contributed by atoms with E-state index >= 15 is 0 Å². The molecule has 1 aromatic rings. The van der Waals surface area contributed by atoms with Crippen LogP contribution in [0.1, 0.15) is 26.3 Å². The van der Waals surface area contributed by atoms with Crippen molar-refractivity contribution in [2.45, 2.75) is 44.6 Å². The monoisotopic (exact) mass is 473 g/mol. The Bertz CT molecular complexity index is 1000. The molecule has 0 aliphatic carbocycles. The van der Waals surface area contributed by atoms with E-state index in [2.05, 4.69) is 10.3 Å². The van der Waals surface area contributed by atoms with E-state index in [1.54, 1.807) is 37.8 Å². The van der Waals surface area contributed by atoms with E-state index in [4.69, 9.17) is 16.3 Å². The number of aliphatic imine (C=N–C) groups is 1. The first kappa shape index (κ1) is 22.9. The van der Waals surface area contributed by atoms with Crippen molar-refractivity contribution in [2.75, 3.05) is 23.0 Å². The number of aryl methyl sites for hydroxylation is 1. The number of alkyl carbamates (subject to hydrolysis) is 1. The normalized spacial score (nSPS) is 24.0. The minimum atomic E-state index is -3.17. The van der Waals surface area contributed by atoms with Gasteiger partial charge in [0.05, 0.1) is 17.5 Å². The molecule has 0 saturated carbocycles. The molecular weight excluding hydrogens is 450 g/mol.